The number of aliphatic carboxylic acids is 1. The molecule has 0 aromatic carbocycles. The molecule has 0 unspecified atom stereocenters. The lowest BCUT2D eigenvalue weighted by molar-refractivity contribution is -0.155. The van der Waals surface area contributed by atoms with Gasteiger partial charge in [-0.3, -0.25) is 9.59 Å². The van der Waals surface area contributed by atoms with Gasteiger partial charge in [0.1, 0.15) is 29.0 Å². The maximum absolute atomic E-state index is 13.1. The topological polar surface area (TPSA) is 146 Å². The lowest BCUT2D eigenvalue weighted by atomic mass is 9.82. The molecule has 1 aliphatic heterocycles. The van der Waals surface area contributed by atoms with E-state index < -0.39 is 35.2 Å². The minimum Gasteiger partial charge on any atom is -0.495 e. The van der Waals surface area contributed by atoms with Crippen molar-refractivity contribution in [2.24, 2.45) is 5.41 Å². The van der Waals surface area contributed by atoms with Crippen LogP contribution < -0.4 is 15.4 Å². The highest BCUT2D eigenvalue weighted by Gasteiger charge is 2.41. The second-order valence-electron chi connectivity index (χ2n) is 8.13. The first-order valence-electron chi connectivity index (χ1n) is 10.3. The molecule has 0 radical (unpaired) electrons. The Balaban J connectivity index is 1.76. The van der Waals surface area contributed by atoms with Crippen LogP contribution in [0.1, 0.15) is 46.7 Å². The second-order valence-corrected chi connectivity index (χ2v) is 8.13. The van der Waals surface area contributed by atoms with Crippen molar-refractivity contribution in [3.8, 4) is 11.8 Å². The Morgan fingerprint density at radius 2 is 2.09 bits per heavy atom. The molecule has 0 aliphatic carbocycles. The summed E-state index contributed by atoms with van der Waals surface area (Å²) in [6, 6.07) is 4.29. The van der Waals surface area contributed by atoms with Gasteiger partial charge in [-0.05, 0) is 25.1 Å². The summed E-state index contributed by atoms with van der Waals surface area (Å²) in [4.78, 5) is 31.3. The van der Waals surface area contributed by atoms with E-state index in [1.807, 2.05) is 6.07 Å². The van der Waals surface area contributed by atoms with Crippen molar-refractivity contribution < 1.29 is 37.3 Å². The number of methoxy groups -OCH3 is 1. The Bertz CT molecular complexity index is 1160. The molecule has 2 aromatic rings. The number of hydrogen-bond donors (Lipinski definition) is 3. The van der Waals surface area contributed by atoms with Crippen LogP contribution in [0.2, 0.25) is 0 Å². The molecule has 186 valence electrons. The fourth-order valence-electron chi connectivity index (χ4n) is 3.51. The number of aromatic nitrogens is 2. The van der Waals surface area contributed by atoms with Gasteiger partial charge in [0.25, 0.3) is 5.91 Å². The van der Waals surface area contributed by atoms with Gasteiger partial charge in [0, 0.05) is 18.2 Å². The number of nitrogens with one attached hydrogen (secondary N) is 2. The Labute approximate surface area is 198 Å². The number of carbonyl (C=O) groups is 2. The number of carbonyl (C=O) groups excluding carboxylic acids is 1. The monoisotopic (exact) mass is 493 g/mol. The molecule has 35 heavy (non-hydrogen) atoms. The van der Waals surface area contributed by atoms with Crippen molar-refractivity contribution in [1.29, 1.82) is 5.26 Å². The molecule has 0 spiro atoms. The highest BCUT2D eigenvalue weighted by atomic mass is 19.4. The molecular formula is C22H22F3N5O5. The molecule has 2 aromatic heterocycles. The fraction of sp³-hybridized carbons (Fsp3) is 0.409. The summed E-state index contributed by atoms with van der Waals surface area (Å²) in [5.74, 6) is -1.42. The molecule has 1 aliphatic rings. The molecule has 0 bridgehead atoms. The lowest BCUT2D eigenvalue weighted by Crippen LogP contribution is -2.52. The van der Waals surface area contributed by atoms with Crippen LogP contribution in [0.4, 0.5) is 19.0 Å². The van der Waals surface area contributed by atoms with Gasteiger partial charge in [-0.15, -0.1) is 0 Å². The number of halogens is 3. The number of ether oxygens (including phenoxy) is 2. The largest absolute Gasteiger partial charge is 0.495 e. The van der Waals surface area contributed by atoms with Crippen LogP contribution >= 0.6 is 0 Å². The standard InChI is InChI=1S/C22H22F3N5O5/c1-12(18-15(34-2)3-4-16(30-18)22(23,24)25)29-19-13(7-26)5-14(8-27-19)20(33)28-9-21(6-17(31)32)10-35-11-21/h3-5,8,12H,6,9-11H2,1-2H3,(H,27,29)(H,28,33)(H,31,32)/t12-/m0/s1. The molecule has 3 heterocycles. The van der Waals surface area contributed by atoms with Gasteiger partial charge in [-0.1, -0.05) is 0 Å². The van der Waals surface area contributed by atoms with Crippen LogP contribution in [0.25, 0.3) is 0 Å². The van der Waals surface area contributed by atoms with E-state index in [1.165, 1.54) is 26.3 Å². The van der Waals surface area contributed by atoms with Crippen LogP contribution in [-0.4, -0.2) is 53.8 Å². The molecule has 1 fully saturated rings. The number of hydrogen-bond acceptors (Lipinski definition) is 8. The highest BCUT2D eigenvalue weighted by molar-refractivity contribution is 5.94. The third kappa shape index (κ3) is 5.96. The van der Waals surface area contributed by atoms with Crippen molar-refractivity contribution in [1.82, 2.24) is 15.3 Å². The number of amides is 1. The number of carboxylic acid groups (broad SMARTS) is 1. The quantitative estimate of drug-likeness (QED) is 0.480. The molecular weight excluding hydrogens is 471 g/mol. The zero-order chi connectivity index (χ0) is 25.8. The van der Waals surface area contributed by atoms with Crippen molar-refractivity contribution in [2.75, 3.05) is 32.2 Å². The Kier molecular flexibility index (Phi) is 7.45. The fourth-order valence-corrected chi connectivity index (χ4v) is 3.51. The van der Waals surface area contributed by atoms with Gasteiger partial charge in [-0.2, -0.15) is 18.4 Å². The van der Waals surface area contributed by atoms with Crippen molar-refractivity contribution in [3.05, 3.63) is 46.9 Å². The predicted molar refractivity (Wildman–Crippen MR) is 115 cm³/mol. The normalized spacial score (nSPS) is 15.3. The minimum absolute atomic E-state index is 0.0253. The Morgan fingerprint density at radius 3 is 2.63 bits per heavy atom. The second kappa shape index (κ2) is 10.1. The molecule has 1 saturated heterocycles. The molecule has 3 rings (SSSR count). The summed E-state index contributed by atoms with van der Waals surface area (Å²) >= 11 is 0. The predicted octanol–water partition coefficient (Wildman–Crippen LogP) is 2.77. The minimum atomic E-state index is -4.65. The van der Waals surface area contributed by atoms with E-state index in [0.717, 1.165) is 12.1 Å². The van der Waals surface area contributed by atoms with E-state index >= 15 is 0 Å². The van der Waals surface area contributed by atoms with Crippen molar-refractivity contribution >= 4 is 17.7 Å². The Morgan fingerprint density at radius 1 is 1.37 bits per heavy atom. The van der Waals surface area contributed by atoms with Crippen LogP contribution in [0.15, 0.2) is 24.4 Å². The Hall–Kier alpha value is -3.92. The van der Waals surface area contributed by atoms with Crippen molar-refractivity contribution in [3.63, 3.8) is 0 Å². The summed E-state index contributed by atoms with van der Waals surface area (Å²) < 4.78 is 49.5. The summed E-state index contributed by atoms with van der Waals surface area (Å²) in [7, 11) is 1.29. The van der Waals surface area contributed by atoms with E-state index in [9.17, 15) is 28.0 Å². The number of anilines is 1. The summed E-state index contributed by atoms with van der Waals surface area (Å²) in [6.07, 6.45) is -3.62. The smallest absolute Gasteiger partial charge is 0.433 e. The van der Waals surface area contributed by atoms with Crippen LogP contribution in [0.3, 0.4) is 0 Å². The van der Waals surface area contributed by atoms with Crippen LogP contribution in [-0.2, 0) is 15.7 Å². The van der Waals surface area contributed by atoms with E-state index in [-0.39, 0.29) is 54.6 Å². The first-order chi connectivity index (χ1) is 16.5. The highest BCUT2D eigenvalue weighted by Crippen LogP contribution is 2.33. The number of nitrogens with zero attached hydrogens (tertiary/aromatic N) is 3. The zero-order valence-corrected chi connectivity index (χ0v) is 18.8. The number of carboxylic acids is 1. The van der Waals surface area contributed by atoms with Gasteiger partial charge < -0.3 is 25.2 Å². The van der Waals surface area contributed by atoms with Gasteiger partial charge in [0.05, 0.1) is 43.9 Å². The van der Waals surface area contributed by atoms with Gasteiger partial charge in [0.15, 0.2) is 0 Å². The first kappa shape index (κ1) is 25.7. The lowest BCUT2D eigenvalue weighted by Gasteiger charge is -2.40. The maximum Gasteiger partial charge on any atom is 0.433 e. The van der Waals surface area contributed by atoms with E-state index in [0.29, 0.717) is 0 Å². The van der Waals surface area contributed by atoms with Crippen LogP contribution in [0, 0.1) is 16.7 Å². The number of pyridine rings is 2. The average Bonchev–Trinajstić information content (AvgIpc) is 2.79. The number of rotatable bonds is 9. The van der Waals surface area contributed by atoms with Crippen LogP contribution in [0.5, 0.6) is 5.75 Å². The van der Waals surface area contributed by atoms with Crippen molar-refractivity contribution in [2.45, 2.75) is 25.6 Å². The molecule has 10 nitrogen and oxygen atoms in total. The van der Waals surface area contributed by atoms with E-state index in [2.05, 4.69) is 20.6 Å². The first-order valence-corrected chi connectivity index (χ1v) is 10.3. The average molecular weight is 493 g/mol. The molecule has 3 N–H and O–H groups in total. The number of alkyl halides is 3. The summed E-state index contributed by atoms with van der Waals surface area (Å²) in [6.45, 7) is 2.00. The third-order valence-electron chi connectivity index (χ3n) is 5.40. The van der Waals surface area contributed by atoms with E-state index in [1.54, 1.807) is 0 Å². The maximum atomic E-state index is 13.1. The molecule has 0 saturated carbocycles. The molecule has 13 heteroatoms. The summed E-state index contributed by atoms with van der Waals surface area (Å²) in [5.41, 5.74) is -1.80. The number of nitriles is 1. The van der Waals surface area contributed by atoms with Gasteiger partial charge >= 0.3 is 12.1 Å². The molecule has 1 atom stereocenters. The molecule has 1 amide bonds. The van der Waals surface area contributed by atoms with E-state index in [4.69, 9.17) is 14.6 Å². The SMILES string of the molecule is COc1ccc(C(F)(F)F)nc1[C@H](C)Nc1ncc(C(=O)NCC2(CC(=O)O)COC2)cc1C#N. The van der Waals surface area contributed by atoms with Gasteiger partial charge in [-0.25, -0.2) is 9.97 Å². The zero-order valence-electron chi connectivity index (χ0n) is 18.8. The van der Waals surface area contributed by atoms with Gasteiger partial charge in [0.2, 0.25) is 0 Å². The third-order valence-corrected chi connectivity index (χ3v) is 5.40. The summed E-state index contributed by atoms with van der Waals surface area (Å²) in [5, 5.41) is 24.1.